The molecule has 4 bridgehead atoms. The van der Waals surface area contributed by atoms with Gasteiger partial charge in [-0.2, -0.15) is 0 Å². The Morgan fingerprint density at radius 2 is 1.73 bits per heavy atom. The lowest BCUT2D eigenvalue weighted by Gasteiger charge is -2.66. The van der Waals surface area contributed by atoms with Gasteiger partial charge < -0.3 is 4.74 Å². The quantitative estimate of drug-likeness (QED) is 0.659. The van der Waals surface area contributed by atoms with E-state index in [-0.39, 0.29) is 0 Å². The first kappa shape index (κ1) is 13.6. The maximum absolute atomic E-state index is 12.8. The van der Waals surface area contributed by atoms with Crippen LogP contribution in [0, 0.1) is 34.5 Å². The van der Waals surface area contributed by atoms with Crippen molar-refractivity contribution in [2.75, 3.05) is 0 Å². The molecule has 0 saturated heterocycles. The highest BCUT2D eigenvalue weighted by Crippen LogP contribution is 2.68. The van der Waals surface area contributed by atoms with Gasteiger partial charge in [-0.25, -0.2) is 0 Å². The molecule has 2 nitrogen and oxygen atoms in total. The topological polar surface area (TPSA) is 26.3 Å². The Morgan fingerprint density at radius 1 is 1.00 bits per heavy atom. The molecule has 1 aliphatic heterocycles. The zero-order valence-electron chi connectivity index (χ0n) is 14.4. The van der Waals surface area contributed by atoms with Crippen LogP contribution in [0.3, 0.4) is 0 Å². The van der Waals surface area contributed by atoms with Crippen molar-refractivity contribution >= 4 is 5.78 Å². The number of hydrogen-bond donors (Lipinski definition) is 0. The first-order valence-corrected chi connectivity index (χ1v) is 9.21. The van der Waals surface area contributed by atoms with Crippen molar-refractivity contribution in [2.24, 2.45) is 34.5 Å². The minimum absolute atomic E-state index is 0.294. The molecule has 7 aliphatic rings. The normalized spacial score (nSPS) is 49.9. The third-order valence-corrected chi connectivity index (χ3v) is 8.69. The van der Waals surface area contributed by atoms with E-state index in [0.29, 0.717) is 28.4 Å². The van der Waals surface area contributed by atoms with Crippen molar-refractivity contribution in [1.29, 1.82) is 0 Å². The number of rotatable bonds is 0. The Balaban J connectivity index is 1.52. The predicted octanol–water partition coefficient (Wildman–Crippen LogP) is 4.49. The summed E-state index contributed by atoms with van der Waals surface area (Å²) in [5, 5.41) is 0. The number of carbonyl (C=O) groups is 1. The summed E-state index contributed by atoms with van der Waals surface area (Å²) in [4.78, 5) is 12.8. The van der Waals surface area contributed by atoms with Crippen molar-refractivity contribution in [3.63, 3.8) is 0 Å². The lowest BCUT2D eigenvalue weighted by atomic mass is 9.42. The minimum atomic E-state index is -0.453. The molecule has 4 saturated carbocycles. The van der Waals surface area contributed by atoms with E-state index in [2.05, 4.69) is 27.7 Å². The molecule has 0 radical (unpaired) electrons. The Bertz CT molecular complexity index is 611. The molecule has 2 heteroatoms. The van der Waals surface area contributed by atoms with Crippen LogP contribution in [-0.4, -0.2) is 11.4 Å². The Hall–Kier alpha value is -0.790. The molecule has 0 aromatic heterocycles. The molecule has 1 heterocycles. The van der Waals surface area contributed by atoms with Crippen LogP contribution in [0.4, 0.5) is 0 Å². The highest BCUT2D eigenvalue weighted by atomic mass is 16.5. The number of hydrogen-bond acceptors (Lipinski definition) is 2. The summed E-state index contributed by atoms with van der Waals surface area (Å²) in [6.07, 6.45) is 6.46. The van der Waals surface area contributed by atoms with Gasteiger partial charge in [-0.3, -0.25) is 4.79 Å². The van der Waals surface area contributed by atoms with Crippen LogP contribution >= 0.6 is 0 Å². The van der Waals surface area contributed by atoms with Crippen LogP contribution in [0.5, 0.6) is 0 Å². The second kappa shape index (κ2) is 3.65. The van der Waals surface area contributed by atoms with Crippen LogP contribution in [0.15, 0.2) is 11.3 Å². The molecule has 0 aromatic rings. The number of Topliss-reactive ketones (excluding diaryl/α,β-unsaturated/α-hetero) is 1. The summed E-state index contributed by atoms with van der Waals surface area (Å²) in [6, 6.07) is 0. The van der Waals surface area contributed by atoms with Crippen LogP contribution in [0.2, 0.25) is 0 Å². The number of carbonyl (C=O) groups excluding carboxylic acids is 1. The molecule has 6 aliphatic carbocycles. The largest absolute Gasteiger partial charge is 0.484 e. The maximum atomic E-state index is 12.8. The average molecular weight is 300 g/mol. The number of fused-ring (bicyclic) bond motifs is 1. The maximum Gasteiger partial charge on any atom is 0.176 e. The van der Waals surface area contributed by atoms with Gasteiger partial charge in [0.2, 0.25) is 0 Å². The summed E-state index contributed by atoms with van der Waals surface area (Å²) in [5.74, 6) is 4.20. The monoisotopic (exact) mass is 300 g/mol. The molecular weight excluding hydrogens is 272 g/mol. The summed E-state index contributed by atoms with van der Waals surface area (Å²) in [7, 11) is 0. The van der Waals surface area contributed by atoms with Crippen LogP contribution in [0.1, 0.15) is 66.2 Å². The van der Waals surface area contributed by atoms with Gasteiger partial charge in [0.1, 0.15) is 0 Å². The lowest BCUT2D eigenvalue weighted by molar-refractivity contribution is -0.217. The fourth-order valence-electron chi connectivity index (χ4n) is 6.70. The minimum Gasteiger partial charge on any atom is -0.484 e. The van der Waals surface area contributed by atoms with Gasteiger partial charge in [-0.15, -0.1) is 0 Å². The summed E-state index contributed by atoms with van der Waals surface area (Å²) >= 11 is 0. The molecule has 0 aromatic carbocycles. The zero-order chi connectivity index (χ0) is 15.5. The summed E-state index contributed by atoms with van der Waals surface area (Å²) in [6.45, 7) is 9.56. The van der Waals surface area contributed by atoms with Gasteiger partial charge in [0.25, 0.3) is 0 Å². The van der Waals surface area contributed by atoms with Gasteiger partial charge in [0, 0.05) is 18.8 Å². The average Bonchev–Trinajstić information content (AvgIpc) is 2.48. The van der Waals surface area contributed by atoms with Gasteiger partial charge in [-0.05, 0) is 59.8 Å². The van der Waals surface area contributed by atoms with Gasteiger partial charge >= 0.3 is 0 Å². The third-order valence-electron chi connectivity index (χ3n) is 8.69. The summed E-state index contributed by atoms with van der Waals surface area (Å²) < 4.78 is 6.64. The van der Waals surface area contributed by atoms with E-state index in [1.807, 2.05) is 0 Å². The highest BCUT2D eigenvalue weighted by Gasteiger charge is 2.68. The standard InChI is InChI=1S/C20H28O2/c1-18(2)11-7-14(18)13-5-6-20(22-15(13)8-11)16-9-12(10-17(20)21)19(16,3)4/h11-12,14,16H,5-10H2,1-4H3. The highest BCUT2D eigenvalue weighted by molar-refractivity contribution is 5.90. The molecule has 120 valence electrons. The molecule has 7 rings (SSSR count). The SMILES string of the molecule is CC1(C)C2CC3=C(CCC4(O3)C(=O)CC3CC4C3(C)C)C1C2. The van der Waals surface area contributed by atoms with Gasteiger partial charge in [-0.1, -0.05) is 27.7 Å². The Labute approximate surface area is 133 Å². The molecular formula is C20H28O2. The first-order chi connectivity index (χ1) is 10.3. The molecule has 0 N–H and O–H groups in total. The van der Waals surface area contributed by atoms with E-state index in [9.17, 15) is 4.79 Å². The Kier molecular flexibility index (Phi) is 2.26. The molecule has 5 atom stereocenters. The number of ether oxygens (including phenoxy) is 1. The molecule has 22 heavy (non-hydrogen) atoms. The van der Waals surface area contributed by atoms with Crippen molar-refractivity contribution in [3.05, 3.63) is 11.3 Å². The van der Waals surface area contributed by atoms with E-state index >= 15 is 0 Å². The summed E-state index contributed by atoms with van der Waals surface area (Å²) in [5.41, 5.74) is 1.88. The van der Waals surface area contributed by atoms with Crippen LogP contribution in [-0.2, 0) is 9.53 Å². The van der Waals surface area contributed by atoms with Crippen molar-refractivity contribution in [3.8, 4) is 0 Å². The second-order valence-corrected chi connectivity index (χ2v) is 9.88. The lowest BCUT2D eigenvalue weighted by Crippen LogP contribution is -2.68. The second-order valence-electron chi connectivity index (χ2n) is 9.88. The molecule has 0 amide bonds. The van der Waals surface area contributed by atoms with Crippen molar-refractivity contribution in [1.82, 2.24) is 0 Å². The van der Waals surface area contributed by atoms with Gasteiger partial charge in [0.15, 0.2) is 11.4 Å². The fourth-order valence-corrected chi connectivity index (χ4v) is 6.70. The smallest absolute Gasteiger partial charge is 0.176 e. The molecule has 5 unspecified atom stereocenters. The van der Waals surface area contributed by atoms with E-state index in [0.717, 1.165) is 37.5 Å². The predicted molar refractivity (Wildman–Crippen MR) is 85.1 cm³/mol. The van der Waals surface area contributed by atoms with Crippen molar-refractivity contribution in [2.45, 2.75) is 71.8 Å². The van der Waals surface area contributed by atoms with Gasteiger partial charge in [0.05, 0.1) is 5.76 Å². The van der Waals surface area contributed by atoms with Crippen LogP contribution < -0.4 is 0 Å². The van der Waals surface area contributed by atoms with E-state index < -0.39 is 5.60 Å². The molecule has 1 spiro atoms. The molecule has 4 fully saturated rings. The van der Waals surface area contributed by atoms with Crippen molar-refractivity contribution < 1.29 is 9.53 Å². The van der Waals surface area contributed by atoms with E-state index in [1.165, 1.54) is 18.6 Å². The van der Waals surface area contributed by atoms with Crippen LogP contribution in [0.25, 0.3) is 0 Å². The zero-order valence-corrected chi connectivity index (χ0v) is 14.4. The van der Waals surface area contributed by atoms with E-state index in [4.69, 9.17) is 4.74 Å². The number of ketones is 1. The third kappa shape index (κ3) is 1.29. The van der Waals surface area contributed by atoms with E-state index in [1.54, 1.807) is 5.57 Å². The fraction of sp³-hybridized carbons (Fsp3) is 0.850. The first-order valence-electron chi connectivity index (χ1n) is 9.21. The Morgan fingerprint density at radius 3 is 2.41 bits per heavy atom. The number of allylic oxidation sites excluding steroid dienone is 2.